The van der Waals surface area contributed by atoms with Crippen LogP contribution in [0.5, 0.6) is 5.75 Å². The highest BCUT2D eigenvalue weighted by atomic mass is 35.5. The number of carbonyl (C=O) groups excluding carboxylic acids is 1. The summed E-state index contributed by atoms with van der Waals surface area (Å²) in [5.74, 6) is 0.259. The second kappa shape index (κ2) is 6.08. The molecule has 0 unspecified atom stereocenters. The molecule has 0 aliphatic carbocycles. The van der Waals surface area contributed by atoms with E-state index in [-0.39, 0.29) is 5.91 Å². The molecule has 3 aromatic carbocycles. The first-order valence-corrected chi connectivity index (χ1v) is 7.20. The van der Waals surface area contributed by atoms with Crippen LogP contribution in [0.3, 0.4) is 0 Å². The molecule has 0 saturated heterocycles. The first kappa shape index (κ1) is 14.4. The molecular formula is C18H14ClNO2. The second-order valence-electron chi connectivity index (χ2n) is 4.80. The lowest BCUT2D eigenvalue weighted by Gasteiger charge is -2.12. The van der Waals surface area contributed by atoms with E-state index in [0.29, 0.717) is 22.0 Å². The maximum atomic E-state index is 12.6. The number of amides is 1. The lowest BCUT2D eigenvalue weighted by molar-refractivity contribution is 0.102. The molecule has 0 radical (unpaired) electrons. The predicted molar refractivity (Wildman–Crippen MR) is 89.9 cm³/mol. The van der Waals surface area contributed by atoms with Crippen LogP contribution in [-0.4, -0.2) is 13.0 Å². The van der Waals surface area contributed by atoms with Gasteiger partial charge in [0, 0.05) is 5.56 Å². The fourth-order valence-electron chi connectivity index (χ4n) is 2.43. The number of anilines is 1. The smallest absolute Gasteiger partial charge is 0.256 e. The fraction of sp³-hybridized carbons (Fsp3) is 0.0556. The van der Waals surface area contributed by atoms with Gasteiger partial charge in [0.05, 0.1) is 17.8 Å². The maximum absolute atomic E-state index is 12.6. The minimum atomic E-state index is -0.197. The molecule has 0 saturated carbocycles. The number of nitrogens with one attached hydrogen (secondary N) is 1. The zero-order valence-corrected chi connectivity index (χ0v) is 12.7. The van der Waals surface area contributed by atoms with Crippen molar-refractivity contribution in [2.75, 3.05) is 12.4 Å². The summed E-state index contributed by atoms with van der Waals surface area (Å²) in [6.07, 6.45) is 0. The first-order valence-electron chi connectivity index (χ1n) is 6.82. The van der Waals surface area contributed by atoms with Gasteiger partial charge in [0.25, 0.3) is 5.91 Å². The minimum Gasteiger partial charge on any atom is -0.493 e. The van der Waals surface area contributed by atoms with Crippen LogP contribution in [0.2, 0.25) is 5.02 Å². The van der Waals surface area contributed by atoms with Gasteiger partial charge in [0.15, 0.2) is 5.75 Å². The number of benzene rings is 3. The summed E-state index contributed by atoms with van der Waals surface area (Å²) in [6.45, 7) is 0. The van der Waals surface area contributed by atoms with Crippen molar-refractivity contribution in [1.82, 2.24) is 0 Å². The Labute approximate surface area is 133 Å². The van der Waals surface area contributed by atoms with Crippen molar-refractivity contribution in [2.24, 2.45) is 0 Å². The Balaban J connectivity index is 2.00. The van der Waals surface area contributed by atoms with Gasteiger partial charge in [-0.05, 0) is 29.0 Å². The van der Waals surface area contributed by atoms with Gasteiger partial charge in [-0.3, -0.25) is 4.79 Å². The number of hydrogen-bond donors (Lipinski definition) is 1. The summed E-state index contributed by atoms with van der Waals surface area (Å²) in [5.41, 5.74) is 1.16. The van der Waals surface area contributed by atoms with Crippen molar-refractivity contribution in [2.45, 2.75) is 0 Å². The van der Waals surface area contributed by atoms with E-state index in [1.165, 1.54) is 7.11 Å². The Hall–Kier alpha value is -2.52. The van der Waals surface area contributed by atoms with Gasteiger partial charge < -0.3 is 10.1 Å². The van der Waals surface area contributed by atoms with Crippen molar-refractivity contribution >= 4 is 34.0 Å². The molecule has 0 aliphatic rings. The number of fused-ring (bicyclic) bond motifs is 1. The lowest BCUT2D eigenvalue weighted by Crippen LogP contribution is -2.13. The molecule has 0 atom stereocenters. The zero-order valence-electron chi connectivity index (χ0n) is 12.0. The highest BCUT2D eigenvalue weighted by Gasteiger charge is 2.13. The molecule has 22 heavy (non-hydrogen) atoms. The van der Waals surface area contributed by atoms with Crippen LogP contribution in [-0.2, 0) is 0 Å². The Kier molecular flexibility index (Phi) is 3.98. The third kappa shape index (κ3) is 2.63. The molecule has 0 heterocycles. The van der Waals surface area contributed by atoms with E-state index in [0.717, 1.165) is 10.8 Å². The summed E-state index contributed by atoms with van der Waals surface area (Å²) < 4.78 is 5.25. The number of halogens is 1. The van der Waals surface area contributed by atoms with Crippen LogP contribution in [0.25, 0.3) is 10.8 Å². The molecule has 0 spiro atoms. The topological polar surface area (TPSA) is 38.3 Å². The predicted octanol–water partition coefficient (Wildman–Crippen LogP) is 4.75. The summed E-state index contributed by atoms with van der Waals surface area (Å²) >= 11 is 6.08. The highest BCUT2D eigenvalue weighted by molar-refractivity contribution is 6.32. The SMILES string of the molecule is COc1c(Cl)cccc1NC(=O)c1cccc2ccccc12. The van der Waals surface area contributed by atoms with Crippen LogP contribution in [0.4, 0.5) is 5.69 Å². The second-order valence-corrected chi connectivity index (χ2v) is 5.21. The molecule has 0 aliphatic heterocycles. The zero-order chi connectivity index (χ0) is 15.5. The van der Waals surface area contributed by atoms with Gasteiger partial charge in [0.1, 0.15) is 0 Å². The van der Waals surface area contributed by atoms with Crippen molar-refractivity contribution in [1.29, 1.82) is 0 Å². The van der Waals surface area contributed by atoms with E-state index in [1.54, 1.807) is 24.3 Å². The van der Waals surface area contributed by atoms with E-state index in [4.69, 9.17) is 16.3 Å². The molecule has 0 bridgehead atoms. The minimum absolute atomic E-state index is 0.197. The molecule has 0 fully saturated rings. The summed E-state index contributed by atoms with van der Waals surface area (Å²) in [6, 6.07) is 18.7. The van der Waals surface area contributed by atoms with E-state index >= 15 is 0 Å². The van der Waals surface area contributed by atoms with Gasteiger partial charge >= 0.3 is 0 Å². The molecule has 1 N–H and O–H groups in total. The third-order valence-electron chi connectivity index (χ3n) is 3.45. The van der Waals surface area contributed by atoms with Crippen LogP contribution in [0, 0.1) is 0 Å². The number of ether oxygens (including phenoxy) is 1. The van der Waals surface area contributed by atoms with Gasteiger partial charge in [-0.25, -0.2) is 0 Å². The van der Waals surface area contributed by atoms with E-state index in [1.807, 2.05) is 36.4 Å². The van der Waals surface area contributed by atoms with Crippen LogP contribution in [0.1, 0.15) is 10.4 Å². The lowest BCUT2D eigenvalue weighted by atomic mass is 10.0. The number of para-hydroxylation sites is 1. The largest absolute Gasteiger partial charge is 0.493 e. The fourth-order valence-corrected chi connectivity index (χ4v) is 2.68. The maximum Gasteiger partial charge on any atom is 0.256 e. The molecule has 3 rings (SSSR count). The van der Waals surface area contributed by atoms with E-state index < -0.39 is 0 Å². The highest BCUT2D eigenvalue weighted by Crippen LogP contribution is 2.33. The van der Waals surface area contributed by atoms with Crippen LogP contribution < -0.4 is 10.1 Å². The van der Waals surface area contributed by atoms with Crippen molar-refractivity contribution in [3.05, 3.63) is 71.2 Å². The average Bonchev–Trinajstić information content (AvgIpc) is 2.54. The van der Waals surface area contributed by atoms with E-state index in [9.17, 15) is 4.79 Å². The van der Waals surface area contributed by atoms with E-state index in [2.05, 4.69) is 5.32 Å². The van der Waals surface area contributed by atoms with Gasteiger partial charge in [-0.2, -0.15) is 0 Å². The number of rotatable bonds is 3. The van der Waals surface area contributed by atoms with Crippen molar-refractivity contribution in [3.8, 4) is 5.75 Å². The number of hydrogen-bond acceptors (Lipinski definition) is 2. The molecular weight excluding hydrogens is 298 g/mol. The molecule has 110 valence electrons. The monoisotopic (exact) mass is 311 g/mol. The number of carbonyl (C=O) groups is 1. The van der Waals surface area contributed by atoms with Gasteiger partial charge in [0.2, 0.25) is 0 Å². The Morgan fingerprint density at radius 2 is 1.73 bits per heavy atom. The first-order chi connectivity index (χ1) is 10.7. The van der Waals surface area contributed by atoms with Gasteiger partial charge in [-0.1, -0.05) is 54.1 Å². The quantitative estimate of drug-likeness (QED) is 0.757. The number of methoxy groups -OCH3 is 1. The molecule has 3 nitrogen and oxygen atoms in total. The van der Waals surface area contributed by atoms with Crippen molar-refractivity contribution in [3.63, 3.8) is 0 Å². The standard InChI is InChI=1S/C18H14ClNO2/c1-22-17-15(19)10-5-11-16(17)20-18(21)14-9-4-7-12-6-2-3-8-13(12)14/h2-11H,1H3,(H,20,21). The molecule has 3 aromatic rings. The van der Waals surface area contributed by atoms with Crippen LogP contribution in [0.15, 0.2) is 60.7 Å². The van der Waals surface area contributed by atoms with Gasteiger partial charge in [-0.15, -0.1) is 0 Å². The average molecular weight is 312 g/mol. The van der Waals surface area contributed by atoms with Crippen LogP contribution >= 0.6 is 11.6 Å². The normalized spacial score (nSPS) is 10.5. The molecule has 0 aromatic heterocycles. The molecule has 4 heteroatoms. The Morgan fingerprint density at radius 1 is 1.00 bits per heavy atom. The Morgan fingerprint density at radius 3 is 2.55 bits per heavy atom. The Bertz CT molecular complexity index is 840. The summed E-state index contributed by atoms with van der Waals surface area (Å²) in [7, 11) is 1.52. The third-order valence-corrected chi connectivity index (χ3v) is 3.75. The summed E-state index contributed by atoms with van der Waals surface area (Å²) in [4.78, 5) is 12.6. The summed E-state index contributed by atoms with van der Waals surface area (Å²) in [5, 5.41) is 5.25. The van der Waals surface area contributed by atoms with Crippen molar-refractivity contribution < 1.29 is 9.53 Å². The molecule has 1 amide bonds.